The van der Waals surface area contributed by atoms with Crippen LogP contribution in [0.5, 0.6) is 0 Å². The Balaban J connectivity index is 2.91. The molecule has 0 amide bonds. The van der Waals surface area contributed by atoms with E-state index >= 15 is 0 Å². The van der Waals surface area contributed by atoms with Gasteiger partial charge in [-0.15, -0.1) is 0 Å². The van der Waals surface area contributed by atoms with Crippen LogP contribution in [0.1, 0.15) is 108 Å². The van der Waals surface area contributed by atoms with Gasteiger partial charge in [-0.05, 0) is 57.6 Å². The summed E-state index contributed by atoms with van der Waals surface area (Å²) in [6.07, 6.45) is 11.9. The summed E-state index contributed by atoms with van der Waals surface area (Å²) in [6, 6.07) is 8.97. The Kier molecular flexibility index (Phi) is 15.8. The van der Waals surface area contributed by atoms with Crippen molar-refractivity contribution in [2.75, 3.05) is 19.8 Å². The van der Waals surface area contributed by atoms with Gasteiger partial charge in [0.25, 0.3) is 5.97 Å². The molecule has 0 aliphatic heterocycles. The fraction of sp³-hybridized carbons (Fsp3) is 0.778. The third-order valence-corrected chi connectivity index (χ3v) is 7.07. The third-order valence-electron chi connectivity index (χ3n) is 5.90. The Morgan fingerprint density at radius 3 is 2.00 bits per heavy atom. The summed E-state index contributed by atoms with van der Waals surface area (Å²) in [5.41, 5.74) is 2.74. The van der Waals surface area contributed by atoms with Crippen molar-refractivity contribution >= 4 is 15.9 Å². The lowest BCUT2D eigenvalue weighted by molar-refractivity contribution is -0.403. The molecule has 1 aromatic rings. The summed E-state index contributed by atoms with van der Waals surface area (Å²) < 4.78 is 18.6. The number of ether oxygens (including phenoxy) is 3. The quantitative estimate of drug-likeness (QED) is 0.108. The van der Waals surface area contributed by atoms with Crippen LogP contribution in [0.3, 0.4) is 0 Å². The number of hydrogen-bond donors (Lipinski definition) is 0. The summed E-state index contributed by atoms with van der Waals surface area (Å²) in [5.74, 6) is -0.714. The maximum absolute atomic E-state index is 6.18. The fourth-order valence-electron chi connectivity index (χ4n) is 4.27. The minimum atomic E-state index is -0.930. The molecule has 180 valence electrons. The number of unbranched alkanes of at least 4 members (excludes halogenated alkanes) is 5. The van der Waals surface area contributed by atoms with E-state index in [0.29, 0.717) is 24.6 Å². The molecule has 0 N–H and O–H groups in total. The number of rotatable bonds is 19. The monoisotopic (exact) mass is 498 g/mol. The van der Waals surface area contributed by atoms with Crippen LogP contribution < -0.4 is 0 Å². The lowest BCUT2D eigenvalue weighted by atomic mass is 9.90. The van der Waals surface area contributed by atoms with Gasteiger partial charge in [0.1, 0.15) is 0 Å². The molecular formula is C27H47BrO3. The highest BCUT2D eigenvalue weighted by atomic mass is 79.9. The largest absolute Gasteiger partial charge is 0.328 e. The second-order valence-corrected chi connectivity index (χ2v) is 9.42. The van der Waals surface area contributed by atoms with Crippen molar-refractivity contribution in [3.05, 3.63) is 35.4 Å². The number of hydrogen-bond acceptors (Lipinski definition) is 3. The molecule has 0 heterocycles. The molecule has 0 bridgehead atoms. The Hall–Kier alpha value is -0.420. The highest BCUT2D eigenvalue weighted by molar-refractivity contribution is 9.09. The van der Waals surface area contributed by atoms with Gasteiger partial charge in [0.2, 0.25) is 0 Å². The van der Waals surface area contributed by atoms with Crippen LogP contribution in [0.4, 0.5) is 0 Å². The predicted octanol–water partition coefficient (Wildman–Crippen LogP) is 8.60. The average Bonchev–Trinajstić information content (AvgIpc) is 2.78. The van der Waals surface area contributed by atoms with Crippen LogP contribution in [0, 0.1) is 5.92 Å². The molecule has 2 unspecified atom stereocenters. The summed E-state index contributed by atoms with van der Waals surface area (Å²) in [6.45, 7) is 12.3. The van der Waals surface area contributed by atoms with Crippen molar-refractivity contribution in [3.63, 3.8) is 0 Å². The maximum atomic E-state index is 6.18. The van der Waals surface area contributed by atoms with Crippen LogP contribution in [-0.4, -0.2) is 25.8 Å². The highest BCUT2D eigenvalue weighted by Gasteiger charge is 2.41. The first-order chi connectivity index (χ1) is 15.1. The zero-order valence-electron chi connectivity index (χ0n) is 20.8. The van der Waals surface area contributed by atoms with Gasteiger partial charge in [-0.3, -0.25) is 0 Å². The van der Waals surface area contributed by atoms with E-state index in [4.69, 9.17) is 14.2 Å². The van der Waals surface area contributed by atoms with Gasteiger partial charge in [0.15, 0.2) is 0 Å². The predicted molar refractivity (Wildman–Crippen MR) is 136 cm³/mol. The maximum Gasteiger partial charge on any atom is 0.285 e. The van der Waals surface area contributed by atoms with Gasteiger partial charge < -0.3 is 14.2 Å². The molecule has 0 saturated heterocycles. The van der Waals surface area contributed by atoms with Crippen molar-refractivity contribution in [2.24, 2.45) is 5.92 Å². The normalized spacial score (nSPS) is 14.0. The Morgan fingerprint density at radius 2 is 1.42 bits per heavy atom. The molecule has 4 heteroatoms. The Labute approximate surface area is 200 Å². The molecule has 0 fully saturated rings. The first-order valence-corrected chi connectivity index (χ1v) is 13.6. The lowest BCUT2D eigenvalue weighted by Gasteiger charge is -2.39. The van der Waals surface area contributed by atoms with Gasteiger partial charge in [-0.25, -0.2) is 0 Å². The van der Waals surface area contributed by atoms with E-state index in [0.717, 1.165) is 25.7 Å². The number of aryl methyl sites for hydroxylation is 1. The summed E-state index contributed by atoms with van der Waals surface area (Å²) >= 11 is 3.79. The van der Waals surface area contributed by atoms with Gasteiger partial charge in [0.05, 0.1) is 0 Å². The number of halogens is 1. The van der Waals surface area contributed by atoms with Crippen LogP contribution >= 0.6 is 15.9 Å². The minimum Gasteiger partial charge on any atom is -0.328 e. The molecule has 0 spiro atoms. The van der Waals surface area contributed by atoms with E-state index in [-0.39, 0.29) is 5.92 Å². The zero-order valence-corrected chi connectivity index (χ0v) is 22.3. The smallest absolute Gasteiger partial charge is 0.285 e. The van der Waals surface area contributed by atoms with Crippen LogP contribution in [-0.2, 0) is 20.6 Å². The van der Waals surface area contributed by atoms with E-state index in [1.807, 2.05) is 20.8 Å². The number of benzene rings is 1. The molecule has 0 aliphatic carbocycles. The van der Waals surface area contributed by atoms with E-state index in [9.17, 15) is 0 Å². The molecule has 1 rings (SSSR count). The minimum absolute atomic E-state index is 0.216. The third kappa shape index (κ3) is 10.4. The van der Waals surface area contributed by atoms with Crippen molar-refractivity contribution < 1.29 is 14.2 Å². The molecule has 0 aromatic heterocycles. The SMILES string of the molecule is CCCCCCCCC(CCc1cccc(C(Br)CC)c1)C(OCC)(OCC)OCC. The van der Waals surface area contributed by atoms with Gasteiger partial charge in [0, 0.05) is 30.6 Å². The van der Waals surface area contributed by atoms with Crippen molar-refractivity contribution in [1.29, 1.82) is 0 Å². The summed E-state index contributed by atoms with van der Waals surface area (Å²) in [7, 11) is 0. The molecule has 2 atom stereocenters. The van der Waals surface area contributed by atoms with Gasteiger partial charge in [-0.2, -0.15) is 0 Å². The molecule has 0 saturated carbocycles. The standard InChI is InChI=1S/C27H47BrO3/c1-6-11-12-13-14-15-19-25(27(29-8-3,30-9-4)31-10-5)21-20-23-17-16-18-24(22-23)26(28)7-2/h16-18,22,25-26H,6-15,19-21H2,1-5H3. The van der Waals surface area contributed by atoms with Crippen LogP contribution in [0.2, 0.25) is 0 Å². The summed E-state index contributed by atoms with van der Waals surface area (Å²) in [4.78, 5) is 0.417. The van der Waals surface area contributed by atoms with Gasteiger partial charge in [-0.1, -0.05) is 92.6 Å². The molecule has 0 radical (unpaired) electrons. The van der Waals surface area contributed by atoms with Crippen LogP contribution in [0.15, 0.2) is 24.3 Å². The molecule has 3 nitrogen and oxygen atoms in total. The van der Waals surface area contributed by atoms with E-state index in [2.05, 4.69) is 54.0 Å². The van der Waals surface area contributed by atoms with Crippen molar-refractivity contribution in [1.82, 2.24) is 0 Å². The van der Waals surface area contributed by atoms with Crippen molar-refractivity contribution in [2.45, 2.75) is 110 Å². The fourth-order valence-corrected chi connectivity index (χ4v) is 4.56. The van der Waals surface area contributed by atoms with E-state index in [1.165, 1.54) is 49.7 Å². The van der Waals surface area contributed by atoms with Crippen LogP contribution in [0.25, 0.3) is 0 Å². The topological polar surface area (TPSA) is 27.7 Å². The Morgan fingerprint density at radius 1 is 0.806 bits per heavy atom. The average molecular weight is 500 g/mol. The zero-order chi connectivity index (χ0) is 23.0. The summed E-state index contributed by atoms with van der Waals surface area (Å²) in [5, 5.41) is 0. The number of alkyl halides is 1. The molecule has 0 aliphatic rings. The highest BCUT2D eigenvalue weighted by Crippen LogP contribution is 2.35. The second-order valence-electron chi connectivity index (χ2n) is 8.32. The molecule has 31 heavy (non-hydrogen) atoms. The van der Waals surface area contributed by atoms with Crippen molar-refractivity contribution in [3.8, 4) is 0 Å². The van der Waals surface area contributed by atoms with E-state index < -0.39 is 5.97 Å². The van der Waals surface area contributed by atoms with Gasteiger partial charge >= 0.3 is 0 Å². The molecule has 1 aromatic carbocycles. The Bertz CT molecular complexity index is 546. The van der Waals surface area contributed by atoms with E-state index in [1.54, 1.807) is 0 Å². The lowest BCUT2D eigenvalue weighted by Crippen LogP contribution is -2.47. The second kappa shape index (κ2) is 17.1. The molecular weight excluding hydrogens is 452 g/mol. The first-order valence-electron chi connectivity index (χ1n) is 12.7. The first kappa shape index (κ1) is 28.6.